The van der Waals surface area contributed by atoms with Gasteiger partial charge in [0, 0.05) is 63.1 Å². The highest BCUT2D eigenvalue weighted by molar-refractivity contribution is 5.57. The number of aryl methyl sites for hydroxylation is 1. The third-order valence-corrected chi connectivity index (χ3v) is 6.71. The Balaban J connectivity index is 1.34. The number of rotatable bonds is 7. The molecule has 0 radical (unpaired) electrons. The fourth-order valence-electron chi connectivity index (χ4n) is 4.84. The summed E-state index contributed by atoms with van der Waals surface area (Å²) in [5.74, 6) is 1.81. The summed E-state index contributed by atoms with van der Waals surface area (Å²) < 4.78 is 17.2. The topological polar surface area (TPSA) is 58.0 Å². The Kier molecular flexibility index (Phi) is 7.06. The quantitative estimate of drug-likeness (QED) is 0.636. The largest absolute Gasteiger partial charge is 0.497 e. The molecule has 6 nitrogen and oxygen atoms in total. The van der Waals surface area contributed by atoms with Crippen molar-refractivity contribution in [3.05, 3.63) is 48.0 Å². The molecule has 0 saturated carbocycles. The van der Waals surface area contributed by atoms with Crippen LogP contribution in [0.1, 0.15) is 31.2 Å². The molecule has 4 rings (SSSR count). The van der Waals surface area contributed by atoms with Crippen molar-refractivity contribution in [2.45, 2.75) is 50.9 Å². The van der Waals surface area contributed by atoms with E-state index in [1.165, 1.54) is 11.3 Å². The number of ether oxygens (including phenoxy) is 3. The molecule has 0 aliphatic carbocycles. The van der Waals surface area contributed by atoms with Crippen molar-refractivity contribution >= 4 is 11.4 Å². The minimum atomic E-state index is 0.183. The molecule has 6 heteroatoms. The van der Waals surface area contributed by atoms with E-state index in [-0.39, 0.29) is 18.2 Å². The zero-order chi connectivity index (χ0) is 22.5. The van der Waals surface area contributed by atoms with E-state index in [2.05, 4.69) is 59.2 Å². The summed E-state index contributed by atoms with van der Waals surface area (Å²) >= 11 is 0. The Hall–Kier alpha value is -2.91. The summed E-state index contributed by atoms with van der Waals surface area (Å²) in [5.41, 5.74) is 3.65. The van der Waals surface area contributed by atoms with Crippen LogP contribution in [0.5, 0.6) is 11.5 Å². The number of nitriles is 1. The lowest BCUT2D eigenvalue weighted by molar-refractivity contribution is 0.118. The van der Waals surface area contributed by atoms with E-state index in [1.807, 2.05) is 6.07 Å². The first kappa shape index (κ1) is 22.3. The Bertz CT molecular complexity index is 932. The van der Waals surface area contributed by atoms with Gasteiger partial charge in [0.15, 0.2) is 0 Å². The Morgan fingerprint density at radius 1 is 1.00 bits per heavy atom. The van der Waals surface area contributed by atoms with Gasteiger partial charge in [-0.05, 0) is 49.2 Å². The van der Waals surface area contributed by atoms with Gasteiger partial charge in [0.2, 0.25) is 0 Å². The first-order chi connectivity index (χ1) is 15.6. The van der Waals surface area contributed by atoms with Gasteiger partial charge in [-0.3, -0.25) is 0 Å². The lowest BCUT2D eigenvalue weighted by Gasteiger charge is -2.34. The molecule has 0 N–H and O–H groups in total. The van der Waals surface area contributed by atoms with Gasteiger partial charge in [0.25, 0.3) is 0 Å². The Labute approximate surface area is 191 Å². The van der Waals surface area contributed by atoms with Gasteiger partial charge in [-0.1, -0.05) is 6.07 Å². The highest BCUT2D eigenvalue weighted by Gasteiger charge is 2.32. The number of hydrogen-bond acceptors (Lipinski definition) is 6. The van der Waals surface area contributed by atoms with E-state index in [0.29, 0.717) is 6.42 Å². The fraction of sp³-hybridized carbons (Fsp3) is 0.500. The molecular weight excluding hydrogens is 402 g/mol. The average Bonchev–Trinajstić information content (AvgIpc) is 3.24. The summed E-state index contributed by atoms with van der Waals surface area (Å²) in [5, 5.41) is 9.16. The maximum atomic E-state index is 9.16. The van der Waals surface area contributed by atoms with Crippen molar-refractivity contribution in [1.29, 1.82) is 5.26 Å². The maximum Gasteiger partial charge on any atom is 0.120 e. The molecule has 170 valence electrons. The number of anilines is 2. The zero-order valence-corrected chi connectivity index (χ0v) is 19.3. The van der Waals surface area contributed by atoms with Gasteiger partial charge in [0.1, 0.15) is 17.6 Å². The molecule has 2 saturated heterocycles. The average molecular weight is 436 g/mol. The molecule has 2 aromatic rings. The third kappa shape index (κ3) is 4.94. The zero-order valence-electron chi connectivity index (χ0n) is 19.3. The normalized spacial score (nSPS) is 21.4. The predicted molar refractivity (Wildman–Crippen MR) is 127 cm³/mol. The third-order valence-electron chi connectivity index (χ3n) is 6.71. The molecule has 2 aliphatic rings. The van der Waals surface area contributed by atoms with Crippen LogP contribution in [0.25, 0.3) is 0 Å². The molecule has 2 aliphatic heterocycles. The first-order valence-corrected chi connectivity index (χ1v) is 11.4. The van der Waals surface area contributed by atoms with Gasteiger partial charge >= 0.3 is 0 Å². The molecule has 2 fully saturated rings. The molecule has 2 aromatic carbocycles. The molecule has 32 heavy (non-hydrogen) atoms. The van der Waals surface area contributed by atoms with Crippen LogP contribution < -0.4 is 19.3 Å². The minimum Gasteiger partial charge on any atom is -0.497 e. The SMILES string of the molecule is COc1ccc(C)c(N2CCC(Oc3ccc(N4C[C@H](OC)C[C@@H]4CC#N)cc3)CC2)c1. The van der Waals surface area contributed by atoms with Gasteiger partial charge in [-0.2, -0.15) is 5.26 Å². The fourth-order valence-corrected chi connectivity index (χ4v) is 4.84. The summed E-state index contributed by atoms with van der Waals surface area (Å²) in [6.45, 7) is 4.91. The van der Waals surface area contributed by atoms with Crippen LogP contribution >= 0.6 is 0 Å². The van der Waals surface area contributed by atoms with Crippen molar-refractivity contribution in [1.82, 2.24) is 0 Å². The van der Waals surface area contributed by atoms with E-state index < -0.39 is 0 Å². The second kappa shape index (κ2) is 10.1. The number of methoxy groups -OCH3 is 2. The summed E-state index contributed by atoms with van der Waals surface area (Å²) in [6.07, 6.45) is 3.80. The standard InChI is InChI=1S/C26H33N3O3/c1-19-4-7-24(30-2)17-26(19)28-14-11-23(12-15-28)32-22-8-5-20(6-9-22)29-18-25(31-3)16-21(29)10-13-27/h4-9,17,21,23,25H,10-12,14-16,18H2,1-3H3/t21-,25+/m0/s1. The second-order valence-electron chi connectivity index (χ2n) is 8.71. The van der Waals surface area contributed by atoms with E-state index in [4.69, 9.17) is 19.5 Å². The van der Waals surface area contributed by atoms with Crippen LogP contribution in [-0.2, 0) is 4.74 Å². The lowest BCUT2D eigenvalue weighted by Crippen LogP contribution is -2.38. The van der Waals surface area contributed by atoms with E-state index in [0.717, 1.165) is 56.1 Å². The number of nitrogens with zero attached hydrogens (tertiary/aromatic N) is 3. The Morgan fingerprint density at radius 3 is 2.38 bits per heavy atom. The van der Waals surface area contributed by atoms with Crippen molar-refractivity contribution in [3.8, 4) is 17.6 Å². The molecule has 0 spiro atoms. The summed E-state index contributed by atoms with van der Waals surface area (Å²) in [6, 6.07) is 17.1. The second-order valence-corrected chi connectivity index (χ2v) is 8.71. The summed E-state index contributed by atoms with van der Waals surface area (Å²) in [7, 11) is 3.46. The van der Waals surface area contributed by atoms with Gasteiger partial charge in [0.05, 0.1) is 25.7 Å². The van der Waals surface area contributed by atoms with E-state index in [1.54, 1.807) is 14.2 Å². The number of hydrogen-bond donors (Lipinski definition) is 0. The van der Waals surface area contributed by atoms with Gasteiger partial charge in [-0.15, -0.1) is 0 Å². The van der Waals surface area contributed by atoms with Crippen LogP contribution in [0, 0.1) is 18.3 Å². The molecular formula is C26H33N3O3. The molecule has 0 aromatic heterocycles. The van der Waals surface area contributed by atoms with E-state index in [9.17, 15) is 0 Å². The van der Waals surface area contributed by atoms with Crippen LogP contribution in [0.15, 0.2) is 42.5 Å². The van der Waals surface area contributed by atoms with Crippen molar-refractivity contribution in [2.75, 3.05) is 43.7 Å². The van der Waals surface area contributed by atoms with Gasteiger partial charge in [-0.25, -0.2) is 0 Å². The first-order valence-electron chi connectivity index (χ1n) is 11.4. The van der Waals surface area contributed by atoms with Crippen LogP contribution in [0.3, 0.4) is 0 Å². The van der Waals surface area contributed by atoms with Crippen molar-refractivity contribution < 1.29 is 14.2 Å². The van der Waals surface area contributed by atoms with Gasteiger partial charge < -0.3 is 24.0 Å². The van der Waals surface area contributed by atoms with E-state index >= 15 is 0 Å². The molecule has 0 unspecified atom stereocenters. The van der Waals surface area contributed by atoms with Crippen LogP contribution in [0.4, 0.5) is 11.4 Å². The minimum absolute atomic E-state index is 0.183. The highest BCUT2D eigenvalue weighted by Crippen LogP contribution is 2.32. The number of benzene rings is 2. The summed E-state index contributed by atoms with van der Waals surface area (Å²) in [4.78, 5) is 4.71. The molecule has 2 atom stereocenters. The smallest absolute Gasteiger partial charge is 0.120 e. The molecule has 0 bridgehead atoms. The monoisotopic (exact) mass is 435 g/mol. The highest BCUT2D eigenvalue weighted by atomic mass is 16.5. The van der Waals surface area contributed by atoms with Crippen LogP contribution in [0.2, 0.25) is 0 Å². The van der Waals surface area contributed by atoms with Crippen molar-refractivity contribution in [2.24, 2.45) is 0 Å². The van der Waals surface area contributed by atoms with Crippen LogP contribution in [-0.4, -0.2) is 52.1 Å². The maximum absolute atomic E-state index is 9.16. The molecule has 2 heterocycles. The molecule has 0 amide bonds. The van der Waals surface area contributed by atoms with Crippen molar-refractivity contribution in [3.63, 3.8) is 0 Å². The lowest BCUT2D eigenvalue weighted by atomic mass is 10.0. The Morgan fingerprint density at radius 2 is 1.72 bits per heavy atom. The number of piperidine rings is 1. The predicted octanol–water partition coefficient (Wildman–Crippen LogP) is 4.56.